The van der Waals surface area contributed by atoms with E-state index in [1.807, 2.05) is 0 Å². The van der Waals surface area contributed by atoms with Crippen molar-refractivity contribution >= 4 is 0 Å². The Kier molecular flexibility index (Phi) is 5.23. The zero-order chi connectivity index (χ0) is 11.3. The third-order valence-corrected chi connectivity index (χ3v) is 7.22. The molecule has 3 nitrogen and oxygen atoms in total. The minimum absolute atomic E-state index is 0.921. The average Bonchev–Trinajstić information content (AvgIpc) is 2.71. The summed E-state index contributed by atoms with van der Waals surface area (Å²) in [6.07, 6.45) is 7.48. The van der Waals surface area contributed by atoms with Crippen LogP contribution in [0.15, 0.2) is 21.6 Å². The Labute approximate surface area is 96.9 Å². The van der Waals surface area contributed by atoms with Gasteiger partial charge in [-0.15, -0.1) is 0 Å². The topological polar surface area (TPSA) is 27.7 Å². The van der Waals surface area contributed by atoms with Gasteiger partial charge >= 0.3 is 96.8 Å². The van der Waals surface area contributed by atoms with E-state index in [9.17, 15) is 0 Å². The molecule has 0 aromatic heterocycles. The van der Waals surface area contributed by atoms with Gasteiger partial charge in [0.25, 0.3) is 0 Å². The van der Waals surface area contributed by atoms with Crippen LogP contribution in [0.5, 0.6) is 0 Å². The van der Waals surface area contributed by atoms with Crippen molar-refractivity contribution < 1.29 is 27.7 Å². The molecular weight excluding hydrogens is 228 g/mol. The van der Waals surface area contributed by atoms with E-state index in [1.54, 1.807) is 21.3 Å². The molecule has 0 fully saturated rings. The van der Waals surface area contributed by atoms with E-state index >= 15 is 0 Å². The molecule has 0 saturated carbocycles. The molecule has 0 amide bonds. The van der Waals surface area contributed by atoms with E-state index < -0.39 is 17.8 Å². The number of hydrogen-bond donors (Lipinski definition) is 0. The fraction of sp³-hybridized carbons (Fsp3) is 0.636. The van der Waals surface area contributed by atoms with Crippen LogP contribution in [0.25, 0.3) is 0 Å². The monoisotopic (exact) mass is 248 g/mol. The first kappa shape index (κ1) is 13.1. The molecule has 15 heavy (non-hydrogen) atoms. The molecule has 0 spiro atoms. The van der Waals surface area contributed by atoms with Crippen molar-refractivity contribution in [3.63, 3.8) is 0 Å². The molecular formula is C11H20O3Ti. The second-order valence-electron chi connectivity index (χ2n) is 3.53. The first-order valence-electron chi connectivity index (χ1n) is 5.28. The first-order valence-corrected chi connectivity index (χ1v) is 7.97. The van der Waals surface area contributed by atoms with E-state index in [0.29, 0.717) is 0 Å². The van der Waals surface area contributed by atoms with Crippen molar-refractivity contribution in [3.05, 3.63) is 21.6 Å². The van der Waals surface area contributed by atoms with Gasteiger partial charge in [0.2, 0.25) is 0 Å². The Morgan fingerprint density at radius 2 is 1.80 bits per heavy atom. The Morgan fingerprint density at radius 1 is 1.20 bits per heavy atom. The molecule has 1 rings (SSSR count). The van der Waals surface area contributed by atoms with Gasteiger partial charge in [-0.05, 0) is 0 Å². The van der Waals surface area contributed by atoms with Crippen LogP contribution in [0.1, 0.15) is 26.2 Å². The van der Waals surface area contributed by atoms with Gasteiger partial charge < -0.3 is 0 Å². The van der Waals surface area contributed by atoms with Crippen molar-refractivity contribution in [2.24, 2.45) is 0 Å². The van der Waals surface area contributed by atoms with Crippen LogP contribution in [0.4, 0.5) is 0 Å². The van der Waals surface area contributed by atoms with Crippen molar-refractivity contribution in [3.8, 4) is 0 Å². The summed E-state index contributed by atoms with van der Waals surface area (Å²) in [4.78, 5) is 0. The predicted molar refractivity (Wildman–Crippen MR) is 56.7 cm³/mol. The molecule has 0 bridgehead atoms. The van der Waals surface area contributed by atoms with Crippen molar-refractivity contribution in [2.75, 3.05) is 21.3 Å². The van der Waals surface area contributed by atoms with E-state index in [-0.39, 0.29) is 0 Å². The molecule has 0 aromatic carbocycles. The summed E-state index contributed by atoms with van der Waals surface area (Å²) in [7, 11) is 5.05. The summed E-state index contributed by atoms with van der Waals surface area (Å²) in [6, 6.07) is 0. The SMILES string of the molecule is CCCC1=[C]([Ti]([O]C)([O]C)[O]C)CC=C1. The summed E-state index contributed by atoms with van der Waals surface area (Å²) in [5.74, 6) is 0. The third-order valence-electron chi connectivity index (χ3n) is 2.72. The minimum atomic E-state index is -3.11. The summed E-state index contributed by atoms with van der Waals surface area (Å²) < 4.78 is 17.9. The van der Waals surface area contributed by atoms with Crippen LogP contribution in [-0.4, -0.2) is 21.3 Å². The maximum absolute atomic E-state index is 5.54. The molecule has 1 aliphatic rings. The first-order chi connectivity index (χ1) is 7.24. The molecule has 0 aliphatic heterocycles. The number of rotatable bonds is 6. The summed E-state index contributed by atoms with van der Waals surface area (Å²) in [5.41, 5.74) is 1.35. The van der Waals surface area contributed by atoms with Crippen LogP contribution in [0.3, 0.4) is 0 Å². The Morgan fingerprint density at radius 3 is 2.27 bits per heavy atom. The van der Waals surface area contributed by atoms with E-state index in [1.165, 1.54) is 9.45 Å². The van der Waals surface area contributed by atoms with Crippen LogP contribution in [0, 0.1) is 0 Å². The molecule has 0 unspecified atom stereocenters. The third kappa shape index (κ3) is 2.60. The molecule has 4 heteroatoms. The van der Waals surface area contributed by atoms with Gasteiger partial charge in [-0.1, -0.05) is 0 Å². The maximum atomic E-state index is 5.54. The molecule has 0 aromatic rings. The predicted octanol–water partition coefficient (Wildman–Crippen LogP) is 2.84. The van der Waals surface area contributed by atoms with Gasteiger partial charge in [-0.2, -0.15) is 0 Å². The summed E-state index contributed by atoms with van der Waals surface area (Å²) in [5, 5.41) is 0. The molecule has 0 heterocycles. The Balaban J connectivity index is 2.97. The molecule has 0 N–H and O–H groups in total. The van der Waals surface area contributed by atoms with Gasteiger partial charge in [0.15, 0.2) is 0 Å². The Bertz CT molecular complexity index is 259. The van der Waals surface area contributed by atoms with E-state index in [2.05, 4.69) is 19.1 Å². The average molecular weight is 248 g/mol. The second kappa shape index (κ2) is 5.97. The fourth-order valence-electron chi connectivity index (χ4n) is 2.00. The second-order valence-corrected chi connectivity index (χ2v) is 8.12. The van der Waals surface area contributed by atoms with E-state index in [4.69, 9.17) is 9.96 Å². The van der Waals surface area contributed by atoms with Crippen LogP contribution >= 0.6 is 0 Å². The van der Waals surface area contributed by atoms with Crippen LogP contribution in [-0.2, 0) is 27.7 Å². The Hall–Kier alpha value is 0.0743. The van der Waals surface area contributed by atoms with Gasteiger partial charge in [-0.3, -0.25) is 0 Å². The zero-order valence-corrected chi connectivity index (χ0v) is 11.6. The number of allylic oxidation sites excluding steroid dienone is 4. The molecule has 1 aliphatic carbocycles. The molecule has 86 valence electrons. The zero-order valence-electron chi connectivity index (χ0n) is 10.0. The van der Waals surface area contributed by atoms with Gasteiger partial charge in [0, 0.05) is 0 Å². The summed E-state index contributed by atoms with van der Waals surface area (Å²) >= 11 is -3.11. The number of hydrogen-bond acceptors (Lipinski definition) is 3. The van der Waals surface area contributed by atoms with Crippen molar-refractivity contribution in [1.82, 2.24) is 0 Å². The fourth-order valence-corrected chi connectivity index (χ4v) is 5.44. The molecule has 0 atom stereocenters. The van der Waals surface area contributed by atoms with Crippen LogP contribution in [0.2, 0.25) is 0 Å². The standard InChI is InChI=1S/C8H11.3CH3O.Ti/c1-2-5-8-6-3-4-7-8;3*1-2;/h3,6H,2,4-5H2,1H3;3*1H3;/q;3*-1;+3. The molecule has 0 saturated heterocycles. The quantitative estimate of drug-likeness (QED) is 0.676. The van der Waals surface area contributed by atoms with Crippen LogP contribution < -0.4 is 0 Å². The van der Waals surface area contributed by atoms with E-state index in [0.717, 1.165) is 19.3 Å². The van der Waals surface area contributed by atoms with Crippen molar-refractivity contribution in [1.29, 1.82) is 0 Å². The van der Waals surface area contributed by atoms with Gasteiger partial charge in [-0.25, -0.2) is 0 Å². The van der Waals surface area contributed by atoms with Gasteiger partial charge in [0.1, 0.15) is 0 Å². The molecule has 0 radical (unpaired) electrons. The summed E-state index contributed by atoms with van der Waals surface area (Å²) in [6.45, 7) is 2.18. The van der Waals surface area contributed by atoms with Gasteiger partial charge in [0.05, 0.1) is 0 Å². The van der Waals surface area contributed by atoms with Crippen molar-refractivity contribution in [2.45, 2.75) is 26.2 Å². The normalized spacial score (nSPS) is 16.5.